The number of nitro benzene ring substituents is 1. The van der Waals surface area contributed by atoms with E-state index in [0.29, 0.717) is 12.1 Å². The molecule has 1 aromatic carbocycles. The molecule has 0 N–H and O–H groups in total. The Hall–Kier alpha value is -1.22. The Morgan fingerprint density at radius 1 is 1.43 bits per heavy atom. The Bertz CT molecular complexity index is 534. The van der Waals surface area contributed by atoms with Gasteiger partial charge in [-0.2, -0.15) is 0 Å². The smallest absolute Gasteiger partial charge is 0.270 e. The van der Waals surface area contributed by atoms with Gasteiger partial charge in [0.1, 0.15) is 0 Å². The van der Waals surface area contributed by atoms with Crippen LogP contribution in [0.1, 0.15) is 24.2 Å². The van der Waals surface area contributed by atoms with Crippen molar-refractivity contribution in [2.75, 3.05) is 27.2 Å². The zero-order chi connectivity index (χ0) is 16.2. The van der Waals surface area contributed by atoms with Crippen molar-refractivity contribution in [2.45, 2.75) is 19.9 Å². The van der Waals surface area contributed by atoms with Crippen LogP contribution in [-0.4, -0.2) is 53.9 Å². The van der Waals surface area contributed by atoms with E-state index >= 15 is 0 Å². The molecule has 116 valence electrons. The summed E-state index contributed by atoms with van der Waals surface area (Å²) in [5.74, 6) is -0.167. The van der Waals surface area contributed by atoms with E-state index in [0.717, 1.165) is 10.1 Å². The highest BCUT2D eigenvalue weighted by Crippen LogP contribution is 2.22. The van der Waals surface area contributed by atoms with Crippen LogP contribution in [0.15, 0.2) is 18.2 Å². The van der Waals surface area contributed by atoms with Crippen molar-refractivity contribution in [1.29, 1.82) is 0 Å². The van der Waals surface area contributed by atoms with E-state index in [9.17, 15) is 14.9 Å². The molecule has 1 aromatic rings. The molecule has 0 saturated heterocycles. The minimum absolute atomic E-state index is 0.0348. The molecule has 1 atom stereocenters. The highest BCUT2D eigenvalue weighted by molar-refractivity contribution is 14.1. The molecule has 0 aliphatic rings. The number of benzene rings is 1. The lowest BCUT2D eigenvalue weighted by Crippen LogP contribution is -2.44. The fraction of sp³-hybridized carbons (Fsp3) is 0.500. The fourth-order valence-electron chi connectivity index (χ4n) is 2.23. The first-order valence-electron chi connectivity index (χ1n) is 6.67. The third-order valence-corrected chi connectivity index (χ3v) is 4.09. The number of rotatable bonds is 6. The highest BCUT2D eigenvalue weighted by atomic mass is 127. The lowest BCUT2D eigenvalue weighted by Gasteiger charge is -2.30. The van der Waals surface area contributed by atoms with Crippen molar-refractivity contribution in [3.63, 3.8) is 0 Å². The van der Waals surface area contributed by atoms with Crippen LogP contribution in [0.25, 0.3) is 0 Å². The minimum atomic E-state index is -0.480. The third kappa shape index (κ3) is 4.63. The molecule has 6 nitrogen and oxygen atoms in total. The number of hydrogen-bond donors (Lipinski definition) is 0. The van der Waals surface area contributed by atoms with Gasteiger partial charge in [-0.15, -0.1) is 0 Å². The van der Waals surface area contributed by atoms with Gasteiger partial charge < -0.3 is 9.80 Å². The quantitative estimate of drug-likeness (QED) is 0.415. The maximum atomic E-state index is 12.7. The van der Waals surface area contributed by atoms with Gasteiger partial charge in [-0.1, -0.05) is 0 Å². The van der Waals surface area contributed by atoms with Crippen molar-refractivity contribution in [1.82, 2.24) is 9.80 Å². The van der Waals surface area contributed by atoms with Crippen molar-refractivity contribution in [3.8, 4) is 0 Å². The van der Waals surface area contributed by atoms with Crippen LogP contribution in [0.5, 0.6) is 0 Å². The number of hydrogen-bond acceptors (Lipinski definition) is 4. The van der Waals surface area contributed by atoms with Crippen LogP contribution >= 0.6 is 22.6 Å². The number of carbonyl (C=O) groups is 1. The summed E-state index contributed by atoms with van der Waals surface area (Å²) in [5.41, 5.74) is 0.326. The topological polar surface area (TPSA) is 66.7 Å². The largest absolute Gasteiger partial charge is 0.335 e. The molecule has 0 aliphatic carbocycles. The predicted octanol–water partition coefficient (Wildman–Crippen LogP) is 2.61. The van der Waals surface area contributed by atoms with Crippen molar-refractivity contribution in [3.05, 3.63) is 37.4 Å². The summed E-state index contributed by atoms with van der Waals surface area (Å²) in [5, 5.41) is 10.9. The minimum Gasteiger partial charge on any atom is -0.335 e. The van der Waals surface area contributed by atoms with Crippen LogP contribution in [0, 0.1) is 13.7 Å². The summed E-state index contributed by atoms with van der Waals surface area (Å²) in [6.45, 7) is 5.19. The second-order valence-corrected chi connectivity index (χ2v) is 6.29. The maximum absolute atomic E-state index is 12.7. The fourth-order valence-corrected chi connectivity index (χ4v) is 2.79. The van der Waals surface area contributed by atoms with Crippen molar-refractivity contribution >= 4 is 34.2 Å². The van der Waals surface area contributed by atoms with Gasteiger partial charge in [-0.3, -0.25) is 14.9 Å². The average Bonchev–Trinajstić information content (AvgIpc) is 2.38. The number of halogens is 1. The summed E-state index contributed by atoms with van der Waals surface area (Å²) in [4.78, 5) is 26.8. The Labute approximate surface area is 138 Å². The lowest BCUT2D eigenvalue weighted by molar-refractivity contribution is -0.384. The summed E-state index contributed by atoms with van der Waals surface area (Å²) in [7, 11) is 3.90. The van der Waals surface area contributed by atoms with Gasteiger partial charge in [-0.25, -0.2) is 0 Å². The van der Waals surface area contributed by atoms with E-state index in [1.165, 1.54) is 12.1 Å². The van der Waals surface area contributed by atoms with Gasteiger partial charge in [0.05, 0.1) is 10.5 Å². The van der Waals surface area contributed by atoms with E-state index in [2.05, 4.69) is 0 Å². The van der Waals surface area contributed by atoms with Gasteiger partial charge in [0.25, 0.3) is 11.6 Å². The molecule has 0 fully saturated rings. The molecular weight excluding hydrogens is 385 g/mol. The summed E-state index contributed by atoms with van der Waals surface area (Å²) >= 11 is 2.03. The third-order valence-electron chi connectivity index (χ3n) is 3.15. The van der Waals surface area contributed by atoms with E-state index < -0.39 is 4.92 Å². The molecule has 0 spiro atoms. The molecular formula is C14H20IN3O3. The van der Waals surface area contributed by atoms with Crippen LogP contribution in [-0.2, 0) is 0 Å². The second-order valence-electron chi connectivity index (χ2n) is 5.12. The van der Waals surface area contributed by atoms with Crippen LogP contribution in [0.3, 0.4) is 0 Å². The van der Waals surface area contributed by atoms with Crippen LogP contribution in [0.2, 0.25) is 0 Å². The van der Waals surface area contributed by atoms with Gasteiger partial charge in [0.2, 0.25) is 0 Å². The molecule has 0 heterocycles. The molecule has 0 saturated carbocycles. The Morgan fingerprint density at radius 3 is 2.52 bits per heavy atom. The van der Waals surface area contributed by atoms with Gasteiger partial charge in [0, 0.05) is 34.8 Å². The zero-order valence-electron chi connectivity index (χ0n) is 12.7. The first kappa shape index (κ1) is 17.8. The van der Waals surface area contributed by atoms with Crippen LogP contribution in [0.4, 0.5) is 5.69 Å². The molecule has 1 rings (SSSR count). The van der Waals surface area contributed by atoms with Gasteiger partial charge >= 0.3 is 0 Å². The molecule has 21 heavy (non-hydrogen) atoms. The van der Waals surface area contributed by atoms with Gasteiger partial charge in [-0.05, 0) is 56.6 Å². The van der Waals surface area contributed by atoms with Gasteiger partial charge in [0.15, 0.2) is 0 Å². The van der Waals surface area contributed by atoms with E-state index in [-0.39, 0.29) is 17.6 Å². The van der Waals surface area contributed by atoms with Crippen LogP contribution < -0.4 is 0 Å². The lowest BCUT2D eigenvalue weighted by atomic mass is 10.1. The number of non-ortho nitro benzene ring substituents is 1. The number of nitrogens with zero attached hydrogens (tertiary/aromatic N) is 3. The molecule has 1 amide bonds. The normalized spacial score (nSPS) is 12.3. The van der Waals surface area contributed by atoms with E-state index in [4.69, 9.17) is 0 Å². The molecule has 0 radical (unpaired) electrons. The Morgan fingerprint density at radius 2 is 2.05 bits per heavy atom. The molecule has 0 aliphatic heterocycles. The summed E-state index contributed by atoms with van der Waals surface area (Å²) in [6.07, 6.45) is 0. The summed E-state index contributed by atoms with van der Waals surface area (Å²) < 4.78 is 0.721. The first-order valence-corrected chi connectivity index (χ1v) is 7.75. The standard InChI is InChI=1S/C14H20IN3O3/c1-5-17(10(2)9-16(3)4)14(19)12-8-11(18(20)21)6-7-13(12)15/h6-8,10H,5,9H2,1-4H3. The highest BCUT2D eigenvalue weighted by Gasteiger charge is 2.24. The van der Waals surface area contributed by atoms with Crippen molar-refractivity contribution in [2.24, 2.45) is 0 Å². The Kier molecular flexibility index (Phi) is 6.53. The number of carbonyl (C=O) groups excluding carboxylic acids is 1. The SMILES string of the molecule is CCN(C(=O)c1cc([N+](=O)[O-])ccc1I)C(C)CN(C)C. The zero-order valence-corrected chi connectivity index (χ0v) is 14.8. The molecule has 1 unspecified atom stereocenters. The van der Waals surface area contributed by atoms with Crippen molar-refractivity contribution < 1.29 is 9.72 Å². The molecule has 0 bridgehead atoms. The van der Waals surface area contributed by atoms with E-state index in [1.807, 2.05) is 55.4 Å². The molecule has 7 heteroatoms. The van der Waals surface area contributed by atoms with E-state index in [1.54, 1.807) is 11.0 Å². The summed E-state index contributed by atoms with van der Waals surface area (Å²) in [6, 6.07) is 4.41. The maximum Gasteiger partial charge on any atom is 0.270 e. The molecule has 0 aromatic heterocycles. The number of likely N-dealkylation sites (N-methyl/N-ethyl adjacent to an activating group) is 2. The number of amides is 1. The monoisotopic (exact) mass is 405 g/mol. The predicted molar refractivity (Wildman–Crippen MR) is 90.5 cm³/mol. The second kappa shape index (κ2) is 7.69. The Balaban J connectivity index is 3.10. The first-order chi connectivity index (χ1) is 9.77. The number of nitro groups is 1. The average molecular weight is 405 g/mol.